The summed E-state index contributed by atoms with van der Waals surface area (Å²) in [7, 11) is 0. The molecule has 1 aliphatic carbocycles. The molecule has 1 N–H and O–H groups in total. The van der Waals surface area contributed by atoms with Crippen molar-refractivity contribution >= 4 is 23.4 Å². The zero-order valence-corrected chi connectivity index (χ0v) is 10.4. The monoisotopic (exact) mass is 252 g/mol. The van der Waals surface area contributed by atoms with Crippen molar-refractivity contribution in [1.29, 1.82) is 0 Å². The van der Waals surface area contributed by atoms with Gasteiger partial charge in [0.25, 0.3) is 0 Å². The minimum Gasteiger partial charge on any atom is -0.478 e. The van der Waals surface area contributed by atoms with E-state index in [0.29, 0.717) is 6.61 Å². The van der Waals surface area contributed by atoms with Gasteiger partial charge in [-0.25, -0.2) is 4.79 Å². The second-order valence-corrected chi connectivity index (χ2v) is 5.46. The first-order valence-electron chi connectivity index (χ1n) is 5.81. The lowest BCUT2D eigenvalue weighted by molar-refractivity contribution is -0.131. The molecule has 17 heavy (non-hydrogen) atoms. The fourth-order valence-corrected chi connectivity index (χ4v) is 2.40. The highest BCUT2D eigenvalue weighted by Crippen LogP contribution is 2.32. The first-order valence-corrected chi connectivity index (χ1v) is 6.63. The summed E-state index contributed by atoms with van der Waals surface area (Å²) in [6.45, 7) is 1.47. The Morgan fingerprint density at radius 1 is 1.53 bits per heavy atom. The topological polar surface area (TPSA) is 46.5 Å². The van der Waals surface area contributed by atoms with Crippen LogP contribution in [0.5, 0.6) is 0 Å². The van der Waals surface area contributed by atoms with E-state index in [-0.39, 0.29) is 0 Å². The molecule has 1 aromatic rings. The third-order valence-electron chi connectivity index (χ3n) is 2.68. The van der Waals surface area contributed by atoms with Crippen LogP contribution in [0.3, 0.4) is 0 Å². The maximum absolute atomic E-state index is 10.4. The number of carboxylic acids is 1. The lowest BCUT2D eigenvalue weighted by Gasteiger charge is -2.00. The molecule has 92 valence electrons. The molecule has 1 fully saturated rings. The molecule has 3 nitrogen and oxygen atoms in total. The SMILES string of the molecule is O=C(O)/C=C/c1ccc(COCCC2CC2)s1. The van der Waals surface area contributed by atoms with E-state index in [1.807, 2.05) is 12.1 Å². The van der Waals surface area contributed by atoms with Crippen molar-refractivity contribution < 1.29 is 14.6 Å². The fourth-order valence-electron chi connectivity index (χ4n) is 1.54. The predicted molar refractivity (Wildman–Crippen MR) is 68.0 cm³/mol. The summed E-state index contributed by atoms with van der Waals surface area (Å²) in [5.41, 5.74) is 0. The lowest BCUT2D eigenvalue weighted by atomic mass is 10.3. The van der Waals surface area contributed by atoms with Crippen molar-refractivity contribution in [3.05, 3.63) is 28.0 Å². The van der Waals surface area contributed by atoms with Gasteiger partial charge >= 0.3 is 5.97 Å². The van der Waals surface area contributed by atoms with Gasteiger partial charge in [-0.3, -0.25) is 0 Å². The van der Waals surface area contributed by atoms with Crippen molar-refractivity contribution in [3.8, 4) is 0 Å². The molecule has 1 heterocycles. The van der Waals surface area contributed by atoms with E-state index in [2.05, 4.69) is 0 Å². The Hall–Kier alpha value is -1.13. The van der Waals surface area contributed by atoms with Crippen LogP contribution in [0.4, 0.5) is 0 Å². The zero-order chi connectivity index (χ0) is 12.1. The molecule has 2 rings (SSSR count). The summed E-state index contributed by atoms with van der Waals surface area (Å²) >= 11 is 1.57. The highest BCUT2D eigenvalue weighted by atomic mass is 32.1. The first kappa shape index (κ1) is 12.3. The van der Waals surface area contributed by atoms with Crippen LogP contribution in [0.2, 0.25) is 0 Å². The quantitative estimate of drug-likeness (QED) is 0.599. The molecule has 0 amide bonds. The summed E-state index contributed by atoms with van der Waals surface area (Å²) < 4.78 is 5.58. The Bertz CT molecular complexity index is 405. The first-order chi connectivity index (χ1) is 8.24. The molecular formula is C13H16O3S. The van der Waals surface area contributed by atoms with Crippen LogP contribution in [0.1, 0.15) is 29.0 Å². The van der Waals surface area contributed by atoms with Gasteiger partial charge in [0.1, 0.15) is 0 Å². The van der Waals surface area contributed by atoms with E-state index in [0.717, 1.165) is 28.4 Å². The molecular weight excluding hydrogens is 236 g/mol. The van der Waals surface area contributed by atoms with Crippen molar-refractivity contribution in [2.75, 3.05) is 6.61 Å². The molecule has 1 aliphatic rings. The largest absolute Gasteiger partial charge is 0.478 e. The van der Waals surface area contributed by atoms with Crippen LogP contribution in [0, 0.1) is 5.92 Å². The van der Waals surface area contributed by atoms with Gasteiger partial charge in [-0.1, -0.05) is 12.8 Å². The lowest BCUT2D eigenvalue weighted by Crippen LogP contribution is -1.94. The number of hydrogen-bond acceptors (Lipinski definition) is 3. The van der Waals surface area contributed by atoms with E-state index in [1.54, 1.807) is 17.4 Å². The Balaban J connectivity index is 1.71. The fraction of sp³-hybridized carbons (Fsp3) is 0.462. The zero-order valence-electron chi connectivity index (χ0n) is 9.59. The maximum atomic E-state index is 10.4. The Labute approximate surface area is 105 Å². The van der Waals surface area contributed by atoms with E-state index < -0.39 is 5.97 Å². The Morgan fingerprint density at radius 2 is 2.35 bits per heavy atom. The van der Waals surface area contributed by atoms with Gasteiger partial charge in [0, 0.05) is 22.4 Å². The van der Waals surface area contributed by atoms with Crippen LogP contribution in [0.25, 0.3) is 6.08 Å². The number of rotatable bonds is 7. The third kappa shape index (κ3) is 4.71. The highest BCUT2D eigenvalue weighted by Gasteiger charge is 2.20. The van der Waals surface area contributed by atoms with Crippen LogP contribution < -0.4 is 0 Å². The number of carboxylic acid groups (broad SMARTS) is 1. The Kier molecular flexibility index (Phi) is 4.34. The van der Waals surface area contributed by atoms with Gasteiger partial charge in [-0.15, -0.1) is 11.3 Å². The van der Waals surface area contributed by atoms with Crippen molar-refractivity contribution in [2.45, 2.75) is 25.9 Å². The molecule has 0 atom stereocenters. The average Bonchev–Trinajstić information content (AvgIpc) is 3.01. The highest BCUT2D eigenvalue weighted by molar-refractivity contribution is 7.12. The second-order valence-electron chi connectivity index (χ2n) is 4.26. The number of aliphatic carboxylic acids is 1. The minimum atomic E-state index is -0.916. The van der Waals surface area contributed by atoms with Crippen LogP contribution in [0.15, 0.2) is 18.2 Å². The van der Waals surface area contributed by atoms with E-state index in [4.69, 9.17) is 9.84 Å². The molecule has 0 unspecified atom stereocenters. The van der Waals surface area contributed by atoms with Crippen molar-refractivity contribution in [3.63, 3.8) is 0 Å². The standard InChI is InChI=1S/C13H16O3S/c14-13(15)6-5-11-3-4-12(17-11)9-16-8-7-10-1-2-10/h3-6,10H,1-2,7-9H2,(H,14,15)/b6-5+. The number of carbonyl (C=O) groups is 1. The molecule has 0 aliphatic heterocycles. The summed E-state index contributed by atoms with van der Waals surface area (Å²) in [5, 5.41) is 8.51. The van der Waals surface area contributed by atoms with Gasteiger partial charge in [-0.2, -0.15) is 0 Å². The summed E-state index contributed by atoms with van der Waals surface area (Å²) in [4.78, 5) is 12.4. The van der Waals surface area contributed by atoms with Gasteiger partial charge < -0.3 is 9.84 Å². The van der Waals surface area contributed by atoms with E-state index in [1.165, 1.54) is 19.3 Å². The molecule has 0 bridgehead atoms. The van der Waals surface area contributed by atoms with Crippen LogP contribution >= 0.6 is 11.3 Å². The average molecular weight is 252 g/mol. The molecule has 0 radical (unpaired) electrons. The second kappa shape index (κ2) is 5.98. The van der Waals surface area contributed by atoms with Crippen molar-refractivity contribution in [2.24, 2.45) is 5.92 Å². The smallest absolute Gasteiger partial charge is 0.328 e. The van der Waals surface area contributed by atoms with E-state index >= 15 is 0 Å². The molecule has 0 aromatic carbocycles. The van der Waals surface area contributed by atoms with E-state index in [9.17, 15) is 4.79 Å². The normalized spacial score (nSPS) is 15.5. The van der Waals surface area contributed by atoms with Crippen LogP contribution in [-0.2, 0) is 16.1 Å². The summed E-state index contributed by atoms with van der Waals surface area (Å²) in [6.07, 6.45) is 6.68. The number of hydrogen-bond donors (Lipinski definition) is 1. The Morgan fingerprint density at radius 3 is 3.06 bits per heavy atom. The molecule has 1 aromatic heterocycles. The summed E-state index contributed by atoms with van der Waals surface area (Å²) in [5.74, 6) is -0.00645. The number of thiophene rings is 1. The minimum absolute atomic E-state index is 0.637. The molecule has 0 saturated heterocycles. The van der Waals surface area contributed by atoms with Gasteiger partial charge in [0.2, 0.25) is 0 Å². The molecule has 0 spiro atoms. The van der Waals surface area contributed by atoms with Gasteiger partial charge in [0.15, 0.2) is 0 Å². The van der Waals surface area contributed by atoms with Crippen molar-refractivity contribution in [1.82, 2.24) is 0 Å². The molecule has 4 heteroatoms. The van der Waals surface area contributed by atoms with Gasteiger partial charge in [0.05, 0.1) is 6.61 Å². The number of ether oxygens (including phenoxy) is 1. The predicted octanol–water partition coefficient (Wildman–Crippen LogP) is 3.16. The van der Waals surface area contributed by atoms with Crippen LogP contribution in [-0.4, -0.2) is 17.7 Å². The maximum Gasteiger partial charge on any atom is 0.328 e. The van der Waals surface area contributed by atoms with Gasteiger partial charge in [-0.05, 0) is 30.5 Å². The summed E-state index contributed by atoms with van der Waals surface area (Å²) in [6, 6.07) is 3.91. The molecule has 1 saturated carbocycles. The third-order valence-corrected chi connectivity index (χ3v) is 3.71.